The summed E-state index contributed by atoms with van der Waals surface area (Å²) in [7, 11) is 0. The van der Waals surface area contributed by atoms with Crippen LogP contribution in [0.3, 0.4) is 0 Å². The average molecular weight is 457 g/mol. The Morgan fingerprint density at radius 1 is 1.17 bits per heavy atom. The molecule has 0 unspecified atom stereocenters. The molecule has 2 atom stereocenters. The lowest BCUT2D eigenvalue weighted by Crippen LogP contribution is -2.60. The second kappa shape index (κ2) is 10.6. The first kappa shape index (κ1) is 25.7. The molecule has 0 fully saturated rings. The third kappa shape index (κ3) is 7.51. The highest BCUT2D eigenvalue weighted by molar-refractivity contribution is 6.30. The second-order valence-corrected chi connectivity index (χ2v) is 8.80. The van der Waals surface area contributed by atoms with Gasteiger partial charge in [0, 0.05) is 11.4 Å². The number of rotatable bonds is 8. The van der Waals surface area contributed by atoms with Gasteiger partial charge in [0.2, 0.25) is 5.54 Å². The van der Waals surface area contributed by atoms with Gasteiger partial charge >= 0.3 is 11.9 Å². The number of carbonyl (C=O) groups excluding carboxylic acids is 3. The van der Waals surface area contributed by atoms with Gasteiger partial charge in [-0.15, -0.1) is 11.6 Å². The van der Waals surface area contributed by atoms with Crippen LogP contribution in [0.5, 0.6) is 0 Å². The van der Waals surface area contributed by atoms with Gasteiger partial charge in [0.25, 0.3) is 5.91 Å². The second-order valence-electron chi connectivity index (χ2n) is 8.10. The van der Waals surface area contributed by atoms with E-state index in [-0.39, 0.29) is 6.42 Å². The SMILES string of the molecule is CC(C)[C@H](OC(=O)CCl)C(=O)N[C@@](C#N)(Cc1ccc(Cl)cc1)C(=O)OC(C)(C)C. The lowest BCUT2D eigenvalue weighted by Gasteiger charge is -2.32. The van der Waals surface area contributed by atoms with Crippen LogP contribution in [0.1, 0.15) is 40.2 Å². The molecule has 0 radical (unpaired) electrons. The van der Waals surface area contributed by atoms with Crippen molar-refractivity contribution in [2.75, 3.05) is 5.88 Å². The maximum atomic E-state index is 13.0. The molecule has 0 bridgehead atoms. The van der Waals surface area contributed by atoms with E-state index in [1.807, 2.05) is 6.07 Å². The van der Waals surface area contributed by atoms with Crippen LogP contribution in [-0.4, -0.2) is 41.0 Å². The van der Waals surface area contributed by atoms with Crippen LogP contribution >= 0.6 is 23.2 Å². The van der Waals surface area contributed by atoms with Crippen molar-refractivity contribution in [2.45, 2.75) is 58.3 Å². The van der Waals surface area contributed by atoms with Crippen LogP contribution in [0.2, 0.25) is 5.02 Å². The molecule has 0 saturated heterocycles. The quantitative estimate of drug-likeness (QED) is 0.474. The van der Waals surface area contributed by atoms with E-state index in [2.05, 4.69) is 5.32 Å². The van der Waals surface area contributed by atoms with Crippen molar-refractivity contribution in [3.05, 3.63) is 34.9 Å². The molecule has 0 heterocycles. The van der Waals surface area contributed by atoms with Gasteiger partial charge in [-0.2, -0.15) is 5.26 Å². The predicted octanol–water partition coefficient (Wildman–Crippen LogP) is 3.41. The molecule has 0 aliphatic heterocycles. The molecule has 1 amide bonds. The summed E-state index contributed by atoms with van der Waals surface area (Å²) in [4.78, 5) is 37.5. The Kier molecular flexibility index (Phi) is 9.13. The lowest BCUT2D eigenvalue weighted by atomic mass is 9.90. The zero-order valence-corrected chi connectivity index (χ0v) is 19.1. The average Bonchev–Trinajstić information content (AvgIpc) is 2.65. The van der Waals surface area contributed by atoms with Crippen LogP contribution in [0, 0.1) is 17.2 Å². The van der Waals surface area contributed by atoms with Gasteiger partial charge < -0.3 is 14.8 Å². The lowest BCUT2D eigenvalue weighted by molar-refractivity contribution is -0.164. The number of hydrogen-bond donors (Lipinski definition) is 1. The van der Waals surface area contributed by atoms with E-state index in [0.717, 1.165) is 0 Å². The Morgan fingerprint density at radius 2 is 1.73 bits per heavy atom. The van der Waals surface area contributed by atoms with E-state index in [1.54, 1.807) is 58.9 Å². The number of hydrogen-bond acceptors (Lipinski definition) is 6. The van der Waals surface area contributed by atoms with Crippen LogP contribution in [0.4, 0.5) is 0 Å². The van der Waals surface area contributed by atoms with Gasteiger partial charge in [0.15, 0.2) is 6.10 Å². The molecule has 7 nitrogen and oxygen atoms in total. The topological polar surface area (TPSA) is 105 Å². The molecule has 1 aromatic carbocycles. The van der Waals surface area contributed by atoms with Gasteiger partial charge in [-0.1, -0.05) is 37.6 Å². The van der Waals surface area contributed by atoms with Crippen LogP contribution < -0.4 is 5.32 Å². The highest BCUT2D eigenvalue weighted by Crippen LogP contribution is 2.22. The third-order valence-electron chi connectivity index (χ3n) is 3.89. The summed E-state index contributed by atoms with van der Waals surface area (Å²) in [6.07, 6.45) is -1.41. The maximum absolute atomic E-state index is 13.0. The van der Waals surface area contributed by atoms with E-state index in [1.165, 1.54) is 0 Å². The van der Waals surface area contributed by atoms with Crippen molar-refractivity contribution in [1.29, 1.82) is 5.26 Å². The normalized spacial score (nSPS) is 14.2. The first-order valence-corrected chi connectivity index (χ1v) is 10.2. The van der Waals surface area contributed by atoms with Crippen LogP contribution in [-0.2, 0) is 30.3 Å². The number of halogens is 2. The monoisotopic (exact) mass is 456 g/mol. The number of nitriles is 1. The highest BCUT2D eigenvalue weighted by atomic mass is 35.5. The maximum Gasteiger partial charge on any atom is 0.347 e. The van der Waals surface area contributed by atoms with Gasteiger partial charge in [-0.3, -0.25) is 9.59 Å². The number of nitrogens with one attached hydrogen (secondary N) is 1. The van der Waals surface area contributed by atoms with Crippen molar-refractivity contribution in [3.8, 4) is 6.07 Å². The minimum atomic E-state index is -2.04. The van der Waals surface area contributed by atoms with Crippen molar-refractivity contribution in [2.24, 2.45) is 5.92 Å². The molecule has 30 heavy (non-hydrogen) atoms. The fraction of sp³-hybridized carbons (Fsp3) is 0.524. The van der Waals surface area contributed by atoms with Gasteiger partial charge in [0.05, 0.1) is 0 Å². The molecule has 0 aliphatic carbocycles. The number of benzene rings is 1. The Bertz CT molecular complexity index is 812. The van der Waals surface area contributed by atoms with E-state index < -0.39 is 46.9 Å². The van der Waals surface area contributed by atoms with Crippen molar-refractivity contribution in [1.82, 2.24) is 5.32 Å². The summed E-state index contributed by atoms with van der Waals surface area (Å²) in [5, 5.41) is 12.9. The standard InChI is InChI=1S/C21H26Cl2N2O5/c1-13(2)17(29-16(26)11-22)18(27)25-21(12-24,19(28)30-20(3,4)5)10-14-6-8-15(23)9-7-14/h6-9,13,17H,10-11H2,1-5H3,(H,25,27)/t17-,21+/m0/s1. The molecule has 9 heteroatoms. The van der Waals surface area contributed by atoms with Gasteiger partial charge in [-0.25, -0.2) is 4.79 Å². The van der Waals surface area contributed by atoms with E-state index in [4.69, 9.17) is 32.7 Å². The number of amides is 1. The number of ether oxygens (including phenoxy) is 2. The molecule has 0 aromatic heterocycles. The van der Waals surface area contributed by atoms with Crippen LogP contribution in [0.15, 0.2) is 24.3 Å². The predicted molar refractivity (Wildman–Crippen MR) is 113 cm³/mol. The molecular weight excluding hydrogens is 431 g/mol. The Labute approximate surface area is 186 Å². The summed E-state index contributed by atoms with van der Waals surface area (Å²) < 4.78 is 10.5. The summed E-state index contributed by atoms with van der Waals surface area (Å²) in [6.45, 7) is 8.27. The Morgan fingerprint density at radius 3 is 2.17 bits per heavy atom. The molecule has 1 N–H and O–H groups in total. The molecule has 164 valence electrons. The van der Waals surface area contributed by atoms with Crippen molar-refractivity contribution in [3.63, 3.8) is 0 Å². The van der Waals surface area contributed by atoms with Gasteiger partial charge in [0.1, 0.15) is 17.6 Å². The number of carbonyl (C=O) groups is 3. The summed E-state index contributed by atoms with van der Waals surface area (Å²) in [5.74, 6) is -3.38. The van der Waals surface area contributed by atoms with Crippen LogP contribution in [0.25, 0.3) is 0 Å². The molecule has 0 saturated carbocycles. The fourth-order valence-corrected chi connectivity index (χ4v) is 2.69. The third-order valence-corrected chi connectivity index (χ3v) is 4.36. The Balaban J connectivity index is 3.31. The Hall–Kier alpha value is -2.30. The molecule has 1 rings (SSSR count). The van der Waals surface area contributed by atoms with E-state index in [0.29, 0.717) is 10.6 Å². The minimum absolute atomic E-state index is 0.171. The number of nitrogens with zero attached hydrogens (tertiary/aromatic N) is 1. The largest absolute Gasteiger partial charge is 0.457 e. The summed E-state index contributed by atoms with van der Waals surface area (Å²) in [6, 6.07) is 8.37. The molecular formula is C21H26Cl2N2O5. The minimum Gasteiger partial charge on any atom is -0.457 e. The smallest absolute Gasteiger partial charge is 0.347 e. The zero-order chi connectivity index (χ0) is 23.1. The fourth-order valence-electron chi connectivity index (χ4n) is 2.50. The number of esters is 2. The molecule has 0 spiro atoms. The summed E-state index contributed by atoms with van der Waals surface area (Å²) >= 11 is 11.4. The van der Waals surface area contributed by atoms with Crippen molar-refractivity contribution >= 4 is 41.0 Å². The zero-order valence-electron chi connectivity index (χ0n) is 17.6. The molecule has 1 aromatic rings. The number of alkyl halides is 1. The van der Waals surface area contributed by atoms with E-state index in [9.17, 15) is 19.6 Å². The first-order valence-electron chi connectivity index (χ1n) is 9.30. The molecule has 0 aliphatic rings. The van der Waals surface area contributed by atoms with E-state index >= 15 is 0 Å². The van der Waals surface area contributed by atoms with Crippen molar-refractivity contribution < 1.29 is 23.9 Å². The van der Waals surface area contributed by atoms with Gasteiger partial charge in [-0.05, 0) is 44.4 Å². The summed E-state index contributed by atoms with van der Waals surface area (Å²) in [5.41, 5.74) is -2.36. The highest BCUT2D eigenvalue weighted by Gasteiger charge is 2.46. The first-order chi connectivity index (χ1) is 13.8.